The quantitative estimate of drug-likeness (QED) is 0.864. The normalized spacial score (nSPS) is 17.3. The van der Waals surface area contributed by atoms with Crippen LogP contribution in [-0.4, -0.2) is 37.0 Å². The fraction of sp³-hybridized carbons (Fsp3) is 0.571. The molecule has 0 unspecified atom stereocenters. The van der Waals surface area contributed by atoms with E-state index >= 15 is 0 Å². The number of furan rings is 1. The molecule has 142 valence electrons. The van der Waals surface area contributed by atoms with Gasteiger partial charge in [-0.2, -0.15) is 0 Å². The number of hydrogen-bond acceptors (Lipinski definition) is 3. The molecule has 26 heavy (non-hydrogen) atoms. The molecule has 0 spiro atoms. The molecule has 4 nitrogen and oxygen atoms in total. The van der Waals surface area contributed by atoms with Crippen LogP contribution in [-0.2, 0) is 24.1 Å². The Hall–Kier alpha value is -1.52. The number of nitrogens with zero attached hydrogens (tertiary/aromatic N) is 1. The van der Waals surface area contributed by atoms with E-state index in [1.165, 1.54) is 17.5 Å². The summed E-state index contributed by atoms with van der Waals surface area (Å²) in [7, 11) is 0. The van der Waals surface area contributed by atoms with E-state index < -0.39 is 0 Å². The van der Waals surface area contributed by atoms with E-state index in [1.54, 1.807) is 6.26 Å². The molecule has 2 aliphatic rings. The van der Waals surface area contributed by atoms with E-state index in [0.29, 0.717) is 12.3 Å². The number of likely N-dealkylation sites (tertiary alicyclic amines) is 1. The third kappa shape index (κ3) is 3.91. The molecule has 1 amide bonds. The Bertz CT molecular complexity index is 763. The summed E-state index contributed by atoms with van der Waals surface area (Å²) in [5, 5.41) is 4.56. The first kappa shape index (κ1) is 19.2. The Morgan fingerprint density at radius 3 is 2.69 bits per heavy atom. The molecule has 4 rings (SSSR count). The maximum absolute atomic E-state index is 12.7. The van der Waals surface area contributed by atoms with Crippen molar-refractivity contribution in [1.82, 2.24) is 10.2 Å². The molecule has 5 heteroatoms. The molecule has 1 aromatic heterocycles. The number of nitrogens with one attached hydrogen (secondary N) is 1. The van der Waals surface area contributed by atoms with Crippen molar-refractivity contribution in [3.63, 3.8) is 0 Å². The first-order valence-electron chi connectivity index (χ1n) is 9.75. The number of carbonyl (C=O) groups excluding carboxylic acids is 1. The van der Waals surface area contributed by atoms with Gasteiger partial charge in [-0.3, -0.25) is 4.79 Å². The largest absolute Gasteiger partial charge is 0.464 e. The van der Waals surface area contributed by atoms with E-state index in [0.717, 1.165) is 68.4 Å². The summed E-state index contributed by atoms with van der Waals surface area (Å²) in [6.07, 6.45) is 8.01. The highest BCUT2D eigenvalue weighted by Crippen LogP contribution is 2.31. The molecule has 0 saturated carbocycles. The molecule has 2 heterocycles. The van der Waals surface area contributed by atoms with Crippen LogP contribution in [0, 0.1) is 5.92 Å². The number of halogens is 1. The van der Waals surface area contributed by atoms with Crippen LogP contribution in [0.4, 0.5) is 0 Å². The fourth-order valence-electron chi connectivity index (χ4n) is 4.29. The lowest BCUT2D eigenvalue weighted by Crippen LogP contribution is -2.41. The third-order valence-corrected chi connectivity index (χ3v) is 5.86. The molecular formula is C21H29ClN2O2. The SMILES string of the molecule is CCNCC1CCN(C(=O)Cc2coc3cc4c(cc23)CCC4)CC1.Cl. The van der Waals surface area contributed by atoms with Crippen LogP contribution in [0.5, 0.6) is 0 Å². The predicted molar refractivity (Wildman–Crippen MR) is 107 cm³/mol. The minimum absolute atomic E-state index is 0. The van der Waals surface area contributed by atoms with Crippen molar-refractivity contribution in [3.05, 3.63) is 35.1 Å². The molecule has 2 aromatic rings. The van der Waals surface area contributed by atoms with Crippen LogP contribution in [0.15, 0.2) is 22.8 Å². The van der Waals surface area contributed by atoms with Gasteiger partial charge in [-0.15, -0.1) is 12.4 Å². The molecule has 0 bridgehead atoms. The van der Waals surface area contributed by atoms with Crippen LogP contribution in [0.3, 0.4) is 0 Å². The summed E-state index contributed by atoms with van der Waals surface area (Å²) < 4.78 is 5.74. The summed E-state index contributed by atoms with van der Waals surface area (Å²) in [6, 6.07) is 4.43. The van der Waals surface area contributed by atoms with Crippen molar-refractivity contribution in [2.45, 2.75) is 45.4 Å². The number of hydrogen-bond donors (Lipinski definition) is 1. The lowest BCUT2D eigenvalue weighted by Gasteiger charge is -2.32. The lowest BCUT2D eigenvalue weighted by atomic mass is 9.96. The van der Waals surface area contributed by atoms with Gasteiger partial charge in [-0.1, -0.05) is 6.92 Å². The highest BCUT2D eigenvalue weighted by molar-refractivity contribution is 5.88. The third-order valence-electron chi connectivity index (χ3n) is 5.86. The second-order valence-electron chi connectivity index (χ2n) is 7.54. The average molecular weight is 377 g/mol. The minimum atomic E-state index is 0. The van der Waals surface area contributed by atoms with Crippen LogP contribution in [0.25, 0.3) is 11.0 Å². The van der Waals surface area contributed by atoms with Gasteiger partial charge in [0.05, 0.1) is 12.7 Å². The van der Waals surface area contributed by atoms with Gasteiger partial charge < -0.3 is 14.6 Å². The number of amides is 1. The molecule has 1 aliphatic heterocycles. The fourth-order valence-corrected chi connectivity index (χ4v) is 4.29. The number of piperidine rings is 1. The lowest BCUT2D eigenvalue weighted by molar-refractivity contribution is -0.131. The van der Waals surface area contributed by atoms with E-state index in [1.807, 2.05) is 4.90 Å². The Balaban J connectivity index is 0.00000196. The first-order chi connectivity index (χ1) is 12.2. The summed E-state index contributed by atoms with van der Waals surface area (Å²) in [4.78, 5) is 14.8. The maximum atomic E-state index is 12.7. The van der Waals surface area contributed by atoms with E-state index in [9.17, 15) is 4.79 Å². The van der Waals surface area contributed by atoms with Crippen LogP contribution in [0.2, 0.25) is 0 Å². The molecule has 1 aromatic carbocycles. The Kier molecular flexibility index (Phi) is 6.25. The minimum Gasteiger partial charge on any atom is -0.464 e. The second-order valence-corrected chi connectivity index (χ2v) is 7.54. The Morgan fingerprint density at radius 1 is 1.23 bits per heavy atom. The van der Waals surface area contributed by atoms with E-state index in [2.05, 4.69) is 24.4 Å². The van der Waals surface area contributed by atoms with Gasteiger partial charge in [0.15, 0.2) is 0 Å². The molecular weight excluding hydrogens is 348 g/mol. The summed E-state index contributed by atoms with van der Waals surface area (Å²) in [6.45, 7) is 6.02. The number of aryl methyl sites for hydroxylation is 2. The molecule has 1 saturated heterocycles. The molecule has 0 radical (unpaired) electrons. The zero-order valence-corrected chi connectivity index (χ0v) is 16.4. The van der Waals surface area contributed by atoms with Gasteiger partial charge in [-0.25, -0.2) is 0 Å². The summed E-state index contributed by atoms with van der Waals surface area (Å²) >= 11 is 0. The molecule has 1 aliphatic carbocycles. The maximum Gasteiger partial charge on any atom is 0.227 e. The zero-order valence-electron chi connectivity index (χ0n) is 15.6. The molecule has 1 N–H and O–H groups in total. The van der Waals surface area contributed by atoms with Gasteiger partial charge in [0.25, 0.3) is 0 Å². The number of fused-ring (bicyclic) bond motifs is 2. The van der Waals surface area contributed by atoms with Crippen molar-refractivity contribution in [1.29, 1.82) is 0 Å². The van der Waals surface area contributed by atoms with Crippen LogP contribution >= 0.6 is 12.4 Å². The van der Waals surface area contributed by atoms with Gasteiger partial charge in [0.1, 0.15) is 5.58 Å². The second kappa shape index (κ2) is 8.45. The monoisotopic (exact) mass is 376 g/mol. The van der Waals surface area contributed by atoms with Crippen molar-refractivity contribution in [2.24, 2.45) is 5.92 Å². The Labute approximate surface area is 161 Å². The molecule has 0 atom stereocenters. The van der Waals surface area contributed by atoms with Crippen LogP contribution < -0.4 is 5.32 Å². The average Bonchev–Trinajstić information content (AvgIpc) is 3.25. The van der Waals surface area contributed by atoms with Gasteiger partial charge in [-0.05, 0) is 74.4 Å². The number of carbonyl (C=O) groups is 1. The molecule has 1 fully saturated rings. The highest BCUT2D eigenvalue weighted by atomic mass is 35.5. The number of rotatable bonds is 5. The van der Waals surface area contributed by atoms with Crippen molar-refractivity contribution in [2.75, 3.05) is 26.2 Å². The van der Waals surface area contributed by atoms with Gasteiger partial charge >= 0.3 is 0 Å². The summed E-state index contributed by atoms with van der Waals surface area (Å²) in [5.74, 6) is 0.950. The van der Waals surface area contributed by atoms with Crippen molar-refractivity contribution >= 4 is 29.3 Å². The van der Waals surface area contributed by atoms with Gasteiger partial charge in [0.2, 0.25) is 5.91 Å². The van der Waals surface area contributed by atoms with Crippen molar-refractivity contribution in [3.8, 4) is 0 Å². The topological polar surface area (TPSA) is 45.5 Å². The highest BCUT2D eigenvalue weighted by Gasteiger charge is 2.24. The van der Waals surface area contributed by atoms with E-state index in [-0.39, 0.29) is 18.3 Å². The predicted octanol–water partition coefficient (Wildman–Crippen LogP) is 3.73. The number of benzene rings is 1. The zero-order chi connectivity index (χ0) is 17.2. The standard InChI is InChI=1S/C21H28N2O2.ClH/c1-2-22-13-15-6-8-23(9-7-15)21(24)12-18-14-25-20-11-17-5-3-4-16(17)10-19(18)20;/h10-11,14-15,22H,2-9,12-13H2,1H3;1H. The van der Waals surface area contributed by atoms with Crippen LogP contribution in [0.1, 0.15) is 42.9 Å². The van der Waals surface area contributed by atoms with Gasteiger partial charge in [0, 0.05) is 24.0 Å². The Morgan fingerprint density at radius 2 is 1.96 bits per heavy atom. The summed E-state index contributed by atoms with van der Waals surface area (Å²) in [5.41, 5.74) is 4.84. The van der Waals surface area contributed by atoms with E-state index in [4.69, 9.17) is 4.42 Å². The first-order valence-corrected chi connectivity index (χ1v) is 9.75. The smallest absolute Gasteiger partial charge is 0.227 e. The van der Waals surface area contributed by atoms with Crippen molar-refractivity contribution < 1.29 is 9.21 Å².